The highest BCUT2D eigenvalue weighted by molar-refractivity contribution is 7.10. The average molecular weight is 308 g/mol. The third-order valence-corrected chi connectivity index (χ3v) is 5.76. The molecule has 0 saturated heterocycles. The van der Waals surface area contributed by atoms with Gasteiger partial charge in [0.2, 0.25) is 0 Å². The van der Waals surface area contributed by atoms with Crippen LogP contribution in [0.5, 0.6) is 0 Å². The van der Waals surface area contributed by atoms with Crippen LogP contribution in [0.1, 0.15) is 55.5 Å². The third-order valence-electron chi connectivity index (χ3n) is 4.77. The molecule has 0 unspecified atom stereocenters. The quantitative estimate of drug-likeness (QED) is 0.882. The van der Waals surface area contributed by atoms with Crippen molar-refractivity contribution in [3.05, 3.63) is 21.9 Å². The highest BCUT2D eigenvalue weighted by Gasteiger charge is 2.31. The van der Waals surface area contributed by atoms with Crippen LogP contribution in [0.2, 0.25) is 0 Å². The van der Waals surface area contributed by atoms with Crippen LogP contribution in [-0.2, 0) is 6.42 Å². The van der Waals surface area contributed by atoms with E-state index in [1.165, 1.54) is 10.4 Å². The molecule has 1 aromatic rings. The first-order chi connectivity index (χ1) is 10.2. The van der Waals surface area contributed by atoms with E-state index in [0.29, 0.717) is 0 Å². The minimum atomic E-state index is -0.176. The van der Waals surface area contributed by atoms with Crippen LogP contribution < -0.4 is 5.32 Å². The predicted molar refractivity (Wildman–Crippen MR) is 84.6 cm³/mol. The van der Waals surface area contributed by atoms with Gasteiger partial charge in [-0.2, -0.15) is 0 Å². The Balaban J connectivity index is 1.64. The molecule has 5 heteroatoms. The number of nitrogens with zero attached hydrogens (tertiary/aromatic N) is 1. The van der Waals surface area contributed by atoms with Gasteiger partial charge in [-0.25, -0.2) is 4.79 Å². The average Bonchev–Trinajstić information content (AvgIpc) is 2.97. The lowest BCUT2D eigenvalue weighted by Crippen LogP contribution is -2.49. The van der Waals surface area contributed by atoms with E-state index >= 15 is 0 Å². The lowest BCUT2D eigenvalue weighted by atomic mass is 9.93. The molecule has 2 N–H and O–H groups in total. The Hall–Kier alpha value is -1.07. The number of nitrogens with one attached hydrogen (secondary N) is 1. The molecule has 2 heterocycles. The molecular weight excluding hydrogens is 284 g/mol. The van der Waals surface area contributed by atoms with Crippen LogP contribution in [0.3, 0.4) is 0 Å². The monoisotopic (exact) mass is 308 g/mol. The maximum Gasteiger partial charge on any atom is 0.318 e. The van der Waals surface area contributed by atoms with E-state index in [1.807, 2.05) is 16.2 Å². The SMILES string of the molecule is CC[C@H]1c2ccsc2CCN1C(=O)NC1CCC(O)CC1. The molecule has 4 nitrogen and oxygen atoms in total. The van der Waals surface area contributed by atoms with E-state index in [0.717, 1.165) is 45.1 Å². The van der Waals surface area contributed by atoms with Gasteiger partial charge in [-0.3, -0.25) is 0 Å². The highest BCUT2D eigenvalue weighted by Crippen LogP contribution is 2.35. The van der Waals surface area contributed by atoms with Crippen LogP contribution in [0.25, 0.3) is 0 Å². The molecule has 0 spiro atoms. The molecule has 1 aliphatic heterocycles. The number of aliphatic hydroxyl groups is 1. The van der Waals surface area contributed by atoms with Gasteiger partial charge in [-0.15, -0.1) is 11.3 Å². The van der Waals surface area contributed by atoms with Gasteiger partial charge in [0.1, 0.15) is 0 Å². The number of carbonyl (C=O) groups excluding carboxylic acids is 1. The van der Waals surface area contributed by atoms with Crippen molar-refractivity contribution in [3.8, 4) is 0 Å². The molecule has 21 heavy (non-hydrogen) atoms. The molecule has 1 saturated carbocycles. The summed E-state index contributed by atoms with van der Waals surface area (Å²) in [6.45, 7) is 2.96. The van der Waals surface area contributed by atoms with Crippen LogP contribution in [0.4, 0.5) is 4.79 Å². The van der Waals surface area contributed by atoms with E-state index in [4.69, 9.17) is 0 Å². The summed E-state index contributed by atoms with van der Waals surface area (Å²) in [6.07, 6.45) is 5.14. The summed E-state index contributed by atoms with van der Waals surface area (Å²) in [4.78, 5) is 16.0. The minimum absolute atomic E-state index is 0.0695. The molecule has 2 aliphatic rings. The standard InChI is InChI=1S/C16H24N2O2S/c1-2-14-13-8-10-21-15(13)7-9-18(14)16(20)17-11-3-5-12(19)6-4-11/h8,10-12,14,19H,2-7,9H2,1H3,(H,17,20)/t11?,12?,14-/m0/s1. The molecule has 0 aromatic carbocycles. The molecule has 1 fully saturated rings. The summed E-state index contributed by atoms with van der Waals surface area (Å²) in [7, 11) is 0. The molecular formula is C16H24N2O2S. The Labute approximate surface area is 130 Å². The maximum absolute atomic E-state index is 12.6. The van der Waals surface area contributed by atoms with Crippen molar-refractivity contribution in [3.63, 3.8) is 0 Å². The third kappa shape index (κ3) is 3.09. The van der Waals surface area contributed by atoms with E-state index in [2.05, 4.69) is 23.7 Å². The summed E-state index contributed by atoms with van der Waals surface area (Å²) in [5.74, 6) is 0. The molecule has 3 rings (SSSR count). The van der Waals surface area contributed by atoms with Crippen molar-refractivity contribution >= 4 is 17.4 Å². The Bertz CT molecular complexity index is 494. The number of hydrogen-bond donors (Lipinski definition) is 2. The van der Waals surface area contributed by atoms with Crippen molar-refractivity contribution in [2.75, 3.05) is 6.54 Å². The smallest absolute Gasteiger partial charge is 0.318 e. The van der Waals surface area contributed by atoms with Crippen molar-refractivity contribution in [1.82, 2.24) is 10.2 Å². The number of urea groups is 1. The zero-order chi connectivity index (χ0) is 14.8. The van der Waals surface area contributed by atoms with Gasteiger partial charge >= 0.3 is 6.03 Å². The largest absolute Gasteiger partial charge is 0.393 e. The van der Waals surface area contributed by atoms with Gasteiger partial charge in [-0.05, 0) is 55.5 Å². The summed E-state index contributed by atoms with van der Waals surface area (Å²) in [5.41, 5.74) is 1.34. The Morgan fingerprint density at radius 3 is 2.90 bits per heavy atom. The number of aliphatic hydroxyl groups excluding tert-OH is 1. The second-order valence-electron chi connectivity index (χ2n) is 6.12. The zero-order valence-electron chi connectivity index (χ0n) is 12.5. The molecule has 1 atom stereocenters. The van der Waals surface area contributed by atoms with Crippen molar-refractivity contribution < 1.29 is 9.90 Å². The molecule has 1 aliphatic carbocycles. The number of thiophene rings is 1. The lowest BCUT2D eigenvalue weighted by Gasteiger charge is -2.37. The Morgan fingerprint density at radius 2 is 2.19 bits per heavy atom. The highest BCUT2D eigenvalue weighted by atomic mass is 32.1. The first kappa shape index (κ1) is 14.9. The summed E-state index contributed by atoms with van der Waals surface area (Å²) >= 11 is 1.81. The Morgan fingerprint density at radius 1 is 1.43 bits per heavy atom. The number of carbonyl (C=O) groups is 1. The van der Waals surface area contributed by atoms with E-state index in [-0.39, 0.29) is 24.2 Å². The molecule has 0 radical (unpaired) electrons. The Kier molecular flexibility index (Phi) is 4.50. The van der Waals surface area contributed by atoms with Gasteiger partial charge in [0.15, 0.2) is 0 Å². The number of hydrogen-bond acceptors (Lipinski definition) is 3. The normalized spacial score (nSPS) is 29.0. The first-order valence-corrected chi connectivity index (χ1v) is 8.88. The van der Waals surface area contributed by atoms with Gasteiger partial charge in [0.05, 0.1) is 12.1 Å². The second kappa shape index (κ2) is 6.36. The lowest BCUT2D eigenvalue weighted by molar-refractivity contribution is 0.112. The fourth-order valence-electron chi connectivity index (χ4n) is 3.56. The topological polar surface area (TPSA) is 52.6 Å². The van der Waals surface area contributed by atoms with Crippen molar-refractivity contribution in [2.45, 2.75) is 63.6 Å². The minimum Gasteiger partial charge on any atom is -0.393 e. The summed E-state index contributed by atoms with van der Waals surface area (Å²) < 4.78 is 0. The van der Waals surface area contributed by atoms with E-state index in [1.54, 1.807) is 0 Å². The summed E-state index contributed by atoms with van der Waals surface area (Å²) in [5, 5.41) is 14.9. The summed E-state index contributed by atoms with van der Waals surface area (Å²) in [6, 6.07) is 2.68. The number of rotatable bonds is 2. The predicted octanol–water partition coefficient (Wildman–Crippen LogP) is 3.07. The van der Waals surface area contributed by atoms with Crippen LogP contribution in [0.15, 0.2) is 11.4 Å². The van der Waals surface area contributed by atoms with Crippen LogP contribution in [-0.4, -0.2) is 34.7 Å². The first-order valence-electron chi connectivity index (χ1n) is 8.00. The van der Waals surface area contributed by atoms with Gasteiger partial charge in [-0.1, -0.05) is 6.92 Å². The van der Waals surface area contributed by atoms with E-state index < -0.39 is 0 Å². The molecule has 2 amide bonds. The van der Waals surface area contributed by atoms with Crippen molar-refractivity contribution in [1.29, 1.82) is 0 Å². The molecule has 0 bridgehead atoms. The maximum atomic E-state index is 12.6. The van der Waals surface area contributed by atoms with Gasteiger partial charge < -0.3 is 15.3 Å². The van der Waals surface area contributed by atoms with E-state index in [9.17, 15) is 9.90 Å². The van der Waals surface area contributed by atoms with Gasteiger partial charge in [0.25, 0.3) is 0 Å². The van der Waals surface area contributed by atoms with Crippen molar-refractivity contribution in [2.24, 2.45) is 0 Å². The fourth-order valence-corrected chi connectivity index (χ4v) is 4.49. The second-order valence-corrected chi connectivity index (χ2v) is 7.12. The molecule has 1 aromatic heterocycles. The molecule has 116 valence electrons. The van der Waals surface area contributed by atoms with Gasteiger partial charge in [0, 0.05) is 17.5 Å². The zero-order valence-corrected chi connectivity index (χ0v) is 13.4. The number of fused-ring (bicyclic) bond motifs is 1. The van der Waals surface area contributed by atoms with Crippen LogP contribution in [0, 0.1) is 0 Å². The van der Waals surface area contributed by atoms with Crippen LogP contribution >= 0.6 is 11.3 Å². The fraction of sp³-hybridized carbons (Fsp3) is 0.688. The number of amides is 2.